The van der Waals surface area contributed by atoms with E-state index in [2.05, 4.69) is 5.32 Å². The molecule has 0 aliphatic carbocycles. The minimum atomic E-state index is -0.748. The van der Waals surface area contributed by atoms with E-state index in [-0.39, 0.29) is 18.2 Å². The summed E-state index contributed by atoms with van der Waals surface area (Å²) in [6.45, 7) is 4.24. The van der Waals surface area contributed by atoms with Gasteiger partial charge in [-0.15, -0.1) is 0 Å². The lowest BCUT2D eigenvalue weighted by atomic mass is 10.1. The van der Waals surface area contributed by atoms with Crippen LogP contribution in [0, 0.1) is 13.8 Å². The van der Waals surface area contributed by atoms with Crippen molar-refractivity contribution < 1.29 is 19.1 Å². The molecule has 3 aromatic carbocycles. The van der Waals surface area contributed by atoms with E-state index in [1.165, 1.54) is 4.90 Å². The molecule has 0 bridgehead atoms. The van der Waals surface area contributed by atoms with Crippen molar-refractivity contribution >= 4 is 52.1 Å². The van der Waals surface area contributed by atoms with Gasteiger partial charge in [0.1, 0.15) is 6.04 Å². The summed E-state index contributed by atoms with van der Waals surface area (Å²) in [5.41, 5.74) is 4.06. The maximum Gasteiger partial charge on any atom is 0.256 e. The fourth-order valence-electron chi connectivity index (χ4n) is 4.50. The Kier molecular flexibility index (Phi) is 8.54. The average Bonchev–Trinajstić information content (AvgIpc) is 3.13. The Labute approximate surface area is 233 Å². The van der Waals surface area contributed by atoms with Gasteiger partial charge in [0.25, 0.3) is 5.91 Å². The van der Waals surface area contributed by atoms with Crippen molar-refractivity contribution in [2.75, 3.05) is 31.0 Å². The van der Waals surface area contributed by atoms with Crippen LogP contribution in [-0.4, -0.2) is 48.6 Å². The number of hydrogen-bond acceptors (Lipinski definition) is 5. The molecule has 0 radical (unpaired) electrons. The minimum absolute atomic E-state index is 0.0564. The Morgan fingerprint density at radius 3 is 2.47 bits per heavy atom. The molecule has 3 aromatic rings. The van der Waals surface area contributed by atoms with E-state index in [1.807, 2.05) is 61.2 Å². The number of aryl methyl sites for hydroxylation is 1. The predicted octanol–water partition coefficient (Wildman–Crippen LogP) is 5.55. The molecule has 1 fully saturated rings. The van der Waals surface area contributed by atoms with Crippen LogP contribution in [0.3, 0.4) is 0 Å². The van der Waals surface area contributed by atoms with Crippen LogP contribution in [0.25, 0.3) is 0 Å². The SMILES string of the molecule is COc1ccc(CCN2C(=S)N(c3cccc(C)c3)C(=O)[C@H]2CC(=O)Nc2cccc(Cl)c2C)cc1OC. The van der Waals surface area contributed by atoms with Gasteiger partial charge in [0.2, 0.25) is 5.91 Å². The highest BCUT2D eigenvalue weighted by Crippen LogP contribution is 2.31. The highest BCUT2D eigenvalue weighted by Gasteiger charge is 2.44. The fraction of sp³-hybridized carbons (Fsp3) is 0.276. The highest BCUT2D eigenvalue weighted by atomic mass is 35.5. The van der Waals surface area contributed by atoms with Crippen molar-refractivity contribution in [2.24, 2.45) is 0 Å². The van der Waals surface area contributed by atoms with Gasteiger partial charge in [-0.25, -0.2) is 0 Å². The number of ether oxygens (including phenoxy) is 2. The Morgan fingerprint density at radius 2 is 1.76 bits per heavy atom. The summed E-state index contributed by atoms with van der Waals surface area (Å²) in [6.07, 6.45) is 0.528. The van der Waals surface area contributed by atoms with E-state index < -0.39 is 6.04 Å². The molecule has 9 heteroatoms. The summed E-state index contributed by atoms with van der Waals surface area (Å²) in [7, 11) is 3.18. The molecule has 1 aliphatic heterocycles. The summed E-state index contributed by atoms with van der Waals surface area (Å²) in [5.74, 6) is 0.739. The lowest BCUT2D eigenvalue weighted by Crippen LogP contribution is -2.39. The molecule has 0 spiro atoms. The van der Waals surface area contributed by atoms with Gasteiger partial charge in [-0.1, -0.05) is 35.9 Å². The molecular weight excluding hydrogens is 522 g/mol. The van der Waals surface area contributed by atoms with Crippen molar-refractivity contribution in [1.82, 2.24) is 4.90 Å². The van der Waals surface area contributed by atoms with Gasteiger partial charge >= 0.3 is 0 Å². The summed E-state index contributed by atoms with van der Waals surface area (Å²) in [6, 6.07) is 17.9. The molecule has 7 nitrogen and oxygen atoms in total. The van der Waals surface area contributed by atoms with Crippen LogP contribution in [0.2, 0.25) is 5.02 Å². The molecule has 4 rings (SSSR count). The largest absolute Gasteiger partial charge is 0.493 e. The molecule has 0 saturated carbocycles. The van der Waals surface area contributed by atoms with E-state index in [9.17, 15) is 9.59 Å². The molecule has 1 aliphatic rings. The molecule has 1 saturated heterocycles. The molecule has 2 amide bonds. The van der Waals surface area contributed by atoms with Gasteiger partial charge in [0.05, 0.1) is 26.3 Å². The molecule has 38 heavy (non-hydrogen) atoms. The number of benzene rings is 3. The second kappa shape index (κ2) is 11.8. The third-order valence-electron chi connectivity index (χ3n) is 6.59. The first-order chi connectivity index (χ1) is 18.2. The Morgan fingerprint density at radius 1 is 1.03 bits per heavy atom. The van der Waals surface area contributed by atoms with E-state index in [4.69, 9.17) is 33.3 Å². The summed E-state index contributed by atoms with van der Waals surface area (Å²) < 4.78 is 10.8. The van der Waals surface area contributed by atoms with Gasteiger partial charge in [-0.3, -0.25) is 14.5 Å². The summed E-state index contributed by atoms with van der Waals surface area (Å²) >= 11 is 12.0. The quantitative estimate of drug-likeness (QED) is 0.352. The number of nitrogens with zero attached hydrogens (tertiary/aromatic N) is 2. The number of anilines is 2. The van der Waals surface area contributed by atoms with E-state index >= 15 is 0 Å². The zero-order valence-electron chi connectivity index (χ0n) is 21.8. The number of amides is 2. The van der Waals surface area contributed by atoms with Crippen LogP contribution in [0.4, 0.5) is 11.4 Å². The number of thiocarbonyl (C=S) groups is 1. The monoisotopic (exact) mass is 551 g/mol. The van der Waals surface area contributed by atoms with Crippen molar-refractivity contribution in [3.8, 4) is 11.5 Å². The van der Waals surface area contributed by atoms with Crippen LogP contribution in [0.15, 0.2) is 60.7 Å². The van der Waals surface area contributed by atoms with Crippen LogP contribution in [0.1, 0.15) is 23.1 Å². The fourth-order valence-corrected chi connectivity index (χ4v) is 5.09. The van der Waals surface area contributed by atoms with Gasteiger partial charge in [-0.2, -0.15) is 0 Å². The summed E-state index contributed by atoms with van der Waals surface area (Å²) in [4.78, 5) is 30.2. The Bertz CT molecular complexity index is 1380. The van der Waals surface area contributed by atoms with Crippen LogP contribution in [0.5, 0.6) is 11.5 Å². The third-order valence-corrected chi connectivity index (χ3v) is 7.41. The topological polar surface area (TPSA) is 71.1 Å². The van der Waals surface area contributed by atoms with Crippen molar-refractivity contribution in [3.63, 3.8) is 0 Å². The average molecular weight is 552 g/mol. The lowest BCUT2D eigenvalue weighted by molar-refractivity contribution is -0.124. The van der Waals surface area contributed by atoms with E-state index in [0.29, 0.717) is 46.0 Å². The Balaban J connectivity index is 1.59. The summed E-state index contributed by atoms with van der Waals surface area (Å²) in [5, 5.41) is 3.84. The molecule has 198 valence electrons. The Hall–Kier alpha value is -3.62. The number of nitrogens with one attached hydrogen (secondary N) is 1. The second-order valence-corrected chi connectivity index (χ2v) is 9.88. The van der Waals surface area contributed by atoms with Gasteiger partial charge in [-0.05, 0) is 85.6 Å². The normalized spacial score (nSPS) is 15.1. The number of methoxy groups -OCH3 is 2. The number of rotatable bonds is 9. The number of carbonyl (C=O) groups excluding carboxylic acids is 2. The van der Waals surface area contributed by atoms with Gasteiger partial charge in [0.15, 0.2) is 16.6 Å². The van der Waals surface area contributed by atoms with Crippen LogP contribution < -0.4 is 19.7 Å². The van der Waals surface area contributed by atoms with Crippen LogP contribution >= 0.6 is 23.8 Å². The number of hydrogen-bond donors (Lipinski definition) is 1. The third kappa shape index (κ3) is 5.76. The minimum Gasteiger partial charge on any atom is -0.493 e. The van der Waals surface area contributed by atoms with E-state index in [1.54, 1.807) is 32.4 Å². The second-order valence-electron chi connectivity index (χ2n) is 9.11. The van der Waals surface area contributed by atoms with Gasteiger partial charge < -0.3 is 19.7 Å². The van der Waals surface area contributed by atoms with Crippen molar-refractivity contribution in [3.05, 3.63) is 82.4 Å². The molecule has 1 heterocycles. The lowest BCUT2D eigenvalue weighted by Gasteiger charge is -2.24. The highest BCUT2D eigenvalue weighted by molar-refractivity contribution is 7.80. The molecular formula is C29H30ClN3O4S. The smallest absolute Gasteiger partial charge is 0.256 e. The predicted molar refractivity (Wildman–Crippen MR) is 154 cm³/mol. The standard InChI is InChI=1S/C29H30ClN3O4S/c1-18-7-5-8-21(15-18)33-28(35)24(17-27(34)31-23-10-6-9-22(30)19(23)2)32(29(33)38)14-13-20-11-12-25(36-3)26(16-20)37-4/h5-12,15-16,24H,13-14,17H2,1-4H3,(H,31,34)/t24-/m1/s1. The first-order valence-electron chi connectivity index (χ1n) is 12.2. The number of carbonyl (C=O) groups is 2. The van der Waals surface area contributed by atoms with Crippen molar-refractivity contribution in [1.29, 1.82) is 0 Å². The maximum atomic E-state index is 13.7. The van der Waals surface area contributed by atoms with E-state index in [0.717, 1.165) is 16.7 Å². The molecule has 0 unspecified atom stereocenters. The van der Waals surface area contributed by atoms with Crippen LogP contribution in [-0.2, 0) is 16.0 Å². The first-order valence-corrected chi connectivity index (χ1v) is 13.0. The van der Waals surface area contributed by atoms with Crippen molar-refractivity contribution in [2.45, 2.75) is 32.7 Å². The molecule has 1 N–H and O–H groups in total. The molecule has 1 atom stereocenters. The zero-order chi connectivity index (χ0) is 27.4. The zero-order valence-corrected chi connectivity index (χ0v) is 23.4. The first kappa shape index (κ1) is 27.4. The maximum absolute atomic E-state index is 13.7. The number of halogens is 1. The molecule has 0 aromatic heterocycles. The van der Waals surface area contributed by atoms with Gasteiger partial charge in [0, 0.05) is 17.3 Å².